The fourth-order valence-electron chi connectivity index (χ4n) is 10.6. The highest BCUT2D eigenvalue weighted by atomic mass is 16.5. The molecule has 372 valence electrons. The molecule has 2 aromatic heterocycles. The molecule has 0 radical (unpaired) electrons. The molecule has 3 aromatic carbocycles. The Balaban J connectivity index is 1.01. The molecule has 3 fully saturated rings. The number of likely N-dealkylation sites (tertiary alicyclic amines) is 2. The van der Waals surface area contributed by atoms with Crippen LogP contribution in [0.5, 0.6) is 0 Å². The van der Waals surface area contributed by atoms with Gasteiger partial charge in [0.15, 0.2) is 0 Å². The number of methoxy groups -OCH3 is 1. The van der Waals surface area contributed by atoms with Crippen molar-refractivity contribution in [3.05, 3.63) is 114 Å². The van der Waals surface area contributed by atoms with E-state index >= 15 is 0 Å². The molecular weight excluding hydrogens is 883 g/mol. The Labute approximate surface area is 412 Å². The number of benzene rings is 3. The number of hydrogen-bond donors (Lipinski definition) is 5. The predicted molar refractivity (Wildman–Crippen MR) is 271 cm³/mol. The quantitative estimate of drug-likeness (QED) is 0.0858. The van der Waals surface area contributed by atoms with Gasteiger partial charge in [-0.3, -0.25) is 9.59 Å². The second kappa shape index (κ2) is 19.6. The molecule has 8 rings (SSSR count). The summed E-state index contributed by atoms with van der Waals surface area (Å²) in [5, 5.41) is 14.8. The van der Waals surface area contributed by atoms with Gasteiger partial charge in [0.2, 0.25) is 11.8 Å². The largest absolute Gasteiger partial charge is 0.465 e. The fraction of sp³-hybridized carbons (Fsp3) is 0.491. The second-order valence-electron chi connectivity index (χ2n) is 22.5. The van der Waals surface area contributed by atoms with E-state index in [-0.39, 0.29) is 41.4 Å². The van der Waals surface area contributed by atoms with Crippen molar-refractivity contribution in [3.63, 3.8) is 0 Å². The standard InChI is InChI=1S/C55H71N9O6/c1-53(2,3)37-23-25-38(26-24-37)64-41(35-19-15-33(16-20-35)39-31-56-47(58-39)43-13-11-29-62(43)49(65)45(54(4,5)6)60-51(67)68)27-28-42(64)36-21-17-34(18-22-36)40-32-57-48(59-40)44-14-12-30-63(44)50(66)46(55(7,8)9)61-52(69)70-10/h15-26,31-32,41-46,60H,11-14,27-30H2,1-10H3,(H,56,58)(H,57,59)(H,61,69)(H,67,68)/t41-,42-,43-,44-,45+,46+/m0/s1. The van der Waals surface area contributed by atoms with Crippen LogP contribution < -0.4 is 15.5 Å². The molecule has 0 aliphatic carbocycles. The first kappa shape index (κ1) is 49.8. The van der Waals surface area contributed by atoms with Crippen molar-refractivity contribution in [2.45, 2.75) is 143 Å². The number of rotatable bonds is 11. The Hall–Kier alpha value is -6.64. The van der Waals surface area contributed by atoms with E-state index in [1.54, 1.807) is 4.90 Å². The molecule has 3 aliphatic rings. The summed E-state index contributed by atoms with van der Waals surface area (Å²) in [5.41, 5.74) is 7.30. The van der Waals surface area contributed by atoms with E-state index < -0.39 is 35.1 Å². The summed E-state index contributed by atoms with van der Waals surface area (Å²) >= 11 is 0. The third-order valence-corrected chi connectivity index (χ3v) is 14.4. The number of alkyl carbamates (subject to hydrolysis) is 1. The van der Waals surface area contributed by atoms with E-state index in [9.17, 15) is 24.3 Å². The number of aromatic nitrogens is 4. The fourth-order valence-corrected chi connectivity index (χ4v) is 10.6. The molecule has 15 heteroatoms. The number of amides is 4. The number of carbonyl (C=O) groups excluding carboxylic acids is 3. The third-order valence-electron chi connectivity index (χ3n) is 14.4. The molecule has 0 bridgehead atoms. The van der Waals surface area contributed by atoms with E-state index in [2.05, 4.69) is 119 Å². The van der Waals surface area contributed by atoms with Gasteiger partial charge in [0.05, 0.1) is 42.7 Å². The van der Waals surface area contributed by atoms with Crippen LogP contribution in [0.1, 0.15) is 153 Å². The van der Waals surface area contributed by atoms with Gasteiger partial charge < -0.3 is 45.1 Å². The molecule has 4 amide bonds. The van der Waals surface area contributed by atoms with Gasteiger partial charge in [0.1, 0.15) is 23.7 Å². The maximum Gasteiger partial charge on any atom is 0.407 e. The van der Waals surface area contributed by atoms with Gasteiger partial charge in [-0.05, 0) is 83.6 Å². The monoisotopic (exact) mass is 954 g/mol. The Bertz CT molecular complexity index is 2650. The minimum atomic E-state index is -1.22. The van der Waals surface area contributed by atoms with Crippen LogP contribution in [0.25, 0.3) is 22.5 Å². The zero-order valence-corrected chi connectivity index (χ0v) is 42.4. The Kier molecular flexibility index (Phi) is 14.0. The van der Waals surface area contributed by atoms with Crippen molar-refractivity contribution in [2.24, 2.45) is 10.8 Å². The average molecular weight is 954 g/mol. The number of carboxylic acid groups (broad SMARTS) is 1. The average Bonchev–Trinajstić information content (AvgIpc) is 4.18. The van der Waals surface area contributed by atoms with Crippen LogP contribution in [-0.2, 0) is 19.7 Å². The lowest BCUT2D eigenvalue weighted by Crippen LogP contribution is -2.54. The molecule has 0 unspecified atom stereocenters. The summed E-state index contributed by atoms with van der Waals surface area (Å²) in [6.07, 6.45) is 7.03. The number of aromatic amines is 2. The smallest absolute Gasteiger partial charge is 0.407 e. The van der Waals surface area contributed by atoms with E-state index in [4.69, 9.17) is 14.7 Å². The topological polar surface area (TPSA) is 189 Å². The highest BCUT2D eigenvalue weighted by Gasteiger charge is 2.43. The minimum Gasteiger partial charge on any atom is -0.465 e. The van der Waals surface area contributed by atoms with E-state index in [0.29, 0.717) is 18.9 Å². The molecule has 0 spiro atoms. The normalized spacial score (nSPS) is 20.6. The molecule has 15 nitrogen and oxygen atoms in total. The number of carbonyl (C=O) groups is 4. The molecule has 3 saturated heterocycles. The van der Waals surface area contributed by atoms with Gasteiger partial charge in [0, 0.05) is 42.3 Å². The number of ether oxygens (including phenoxy) is 1. The lowest BCUT2D eigenvalue weighted by molar-refractivity contribution is -0.137. The van der Waals surface area contributed by atoms with Crippen LogP contribution in [0, 0.1) is 10.8 Å². The van der Waals surface area contributed by atoms with Crippen molar-refractivity contribution in [3.8, 4) is 22.5 Å². The van der Waals surface area contributed by atoms with Gasteiger partial charge in [0.25, 0.3) is 0 Å². The molecule has 70 heavy (non-hydrogen) atoms. The Morgan fingerprint density at radius 3 is 1.43 bits per heavy atom. The SMILES string of the molecule is COC(=O)N[C@H](C(=O)N1CCC[C@H]1c1nc(-c2ccc([C@@H]3CC[C@@H](c4ccc(-c5c[nH]c([C@@H]6CCCN6C(=O)[C@@H](NC(=O)O)C(C)(C)C)n5)cc4)N3c3ccc(C(C)(C)C)cc3)cc2)c[nH]1)C(C)(C)C. The zero-order chi connectivity index (χ0) is 50.3. The first-order chi connectivity index (χ1) is 33.1. The third kappa shape index (κ3) is 10.4. The first-order valence-electron chi connectivity index (χ1n) is 24.8. The Morgan fingerprint density at radius 1 is 0.614 bits per heavy atom. The van der Waals surface area contributed by atoms with Crippen LogP contribution in [-0.4, -0.2) is 91.1 Å². The molecule has 6 atom stereocenters. The first-order valence-corrected chi connectivity index (χ1v) is 24.8. The predicted octanol–water partition coefficient (Wildman–Crippen LogP) is 10.6. The summed E-state index contributed by atoms with van der Waals surface area (Å²) < 4.78 is 4.85. The van der Waals surface area contributed by atoms with Crippen LogP contribution in [0.3, 0.4) is 0 Å². The number of imidazole rings is 2. The molecular formula is C55H71N9O6. The van der Waals surface area contributed by atoms with Gasteiger partial charge in [-0.15, -0.1) is 0 Å². The summed E-state index contributed by atoms with van der Waals surface area (Å²) in [4.78, 5) is 74.6. The van der Waals surface area contributed by atoms with Crippen LogP contribution in [0.2, 0.25) is 0 Å². The molecule has 3 aliphatic heterocycles. The summed E-state index contributed by atoms with van der Waals surface area (Å²) in [6.45, 7) is 19.2. The number of hydrogen-bond acceptors (Lipinski definition) is 8. The number of H-pyrrole nitrogens is 2. The lowest BCUT2D eigenvalue weighted by Gasteiger charge is -2.35. The van der Waals surface area contributed by atoms with E-state index in [1.165, 1.54) is 23.8 Å². The van der Waals surface area contributed by atoms with Crippen LogP contribution in [0.15, 0.2) is 85.2 Å². The molecule has 5 N–H and O–H groups in total. The summed E-state index contributed by atoms with van der Waals surface area (Å²) in [6, 6.07) is 24.5. The van der Waals surface area contributed by atoms with Crippen molar-refractivity contribution in [1.29, 1.82) is 0 Å². The number of nitrogens with one attached hydrogen (secondary N) is 4. The van der Waals surface area contributed by atoms with Gasteiger partial charge in [-0.1, -0.05) is 123 Å². The van der Waals surface area contributed by atoms with Gasteiger partial charge >= 0.3 is 12.2 Å². The van der Waals surface area contributed by atoms with E-state index in [1.807, 2.05) is 58.8 Å². The second-order valence-corrected chi connectivity index (χ2v) is 22.5. The lowest BCUT2D eigenvalue weighted by atomic mass is 9.85. The van der Waals surface area contributed by atoms with Crippen molar-refractivity contribution >= 4 is 29.7 Å². The van der Waals surface area contributed by atoms with Gasteiger partial charge in [-0.2, -0.15) is 0 Å². The number of nitrogens with zero attached hydrogens (tertiary/aromatic N) is 5. The van der Waals surface area contributed by atoms with Crippen LogP contribution >= 0.6 is 0 Å². The summed E-state index contributed by atoms with van der Waals surface area (Å²) in [7, 11) is 1.30. The van der Waals surface area contributed by atoms with Crippen molar-refractivity contribution in [1.82, 2.24) is 40.4 Å². The molecule has 0 saturated carbocycles. The Morgan fingerprint density at radius 2 is 1.04 bits per heavy atom. The molecule has 5 aromatic rings. The highest BCUT2D eigenvalue weighted by Crippen LogP contribution is 2.48. The van der Waals surface area contributed by atoms with E-state index in [0.717, 1.165) is 72.6 Å². The van der Waals surface area contributed by atoms with Crippen molar-refractivity contribution in [2.75, 3.05) is 25.1 Å². The van der Waals surface area contributed by atoms with Crippen LogP contribution in [0.4, 0.5) is 15.3 Å². The van der Waals surface area contributed by atoms with Crippen molar-refractivity contribution < 1.29 is 29.0 Å². The summed E-state index contributed by atoms with van der Waals surface area (Å²) in [5.74, 6) is 1.04. The van der Waals surface area contributed by atoms with Gasteiger partial charge in [-0.25, -0.2) is 19.6 Å². The minimum absolute atomic E-state index is 0.0202. The highest BCUT2D eigenvalue weighted by molar-refractivity contribution is 5.87. The molecule has 5 heterocycles. The number of anilines is 1. The maximum atomic E-state index is 14.0. The maximum absolute atomic E-state index is 14.0. The zero-order valence-electron chi connectivity index (χ0n) is 42.4.